The average molecular weight is 271 g/mol. The summed E-state index contributed by atoms with van der Waals surface area (Å²) >= 11 is 5.03. The van der Waals surface area contributed by atoms with Gasteiger partial charge in [0.2, 0.25) is 0 Å². The van der Waals surface area contributed by atoms with E-state index in [4.69, 9.17) is 18.0 Å². The van der Waals surface area contributed by atoms with Crippen LogP contribution in [0.5, 0.6) is 0 Å². The van der Waals surface area contributed by atoms with Gasteiger partial charge in [0.1, 0.15) is 11.6 Å². The topological polar surface area (TPSA) is 41.3 Å². The number of hydrogen-bond acceptors (Lipinski definition) is 3. The summed E-state index contributed by atoms with van der Waals surface area (Å²) in [6.07, 6.45) is 0. The molecule has 1 aromatic rings. The van der Waals surface area contributed by atoms with Crippen LogP contribution in [0.25, 0.3) is 0 Å². The van der Waals surface area contributed by atoms with Crippen molar-refractivity contribution in [3.8, 4) is 0 Å². The maximum absolute atomic E-state index is 13.8. The fraction of sp³-hybridized carbons (Fsp3) is 0.417. The predicted molar refractivity (Wildman–Crippen MR) is 70.3 cm³/mol. The lowest BCUT2D eigenvalue weighted by molar-refractivity contribution is 0.212. The van der Waals surface area contributed by atoms with Crippen LogP contribution in [-0.2, 0) is 0 Å². The van der Waals surface area contributed by atoms with Gasteiger partial charge in [-0.3, -0.25) is 4.90 Å². The largest absolute Gasteiger partial charge is 0.392 e. The van der Waals surface area contributed by atoms with Crippen molar-refractivity contribution < 1.29 is 8.78 Å². The van der Waals surface area contributed by atoms with E-state index < -0.39 is 17.7 Å². The third-order valence-electron chi connectivity index (χ3n) is 3.04. The molecule has 0 radical (unpaired) electrons. The molecule has 98 valence electrons. The molecule has 1 aliphatic heterocycles. The molecule has 0 aromatic heterocycles. The fourth-order valence-electron chi connectivity index (χ4n) is 2.19. The first-order valence-electron chi connectivity index (χ1n) is 5.78. The molecule has 0 aliphatic carbocycles. The summed E-state index contributed by atoms with van der Waals surface area (Å²) in [5.74, 6) is -1.20. The van der Waals surface area contributed by atoms with Crippen molar-refractivity contribution in [1.82, 2.24) is 10.2 Å². The van der Waals surface area contributed by atoms with E-state index >= 15 is 0 Å². The molecule has 0 saturated carbocycles. The molecular weight excluding hydrogens is 256 g/mol. The number of halogens is 2. The van der Waals surface area contributed by atoms with Crippen LogP contribution in [0.3, 0.4) is 0 Å². The van der Waals surface area contributed by atoms with Crippen molar-refractivity contribution in [3.63, 3.8) is 0 Å². The van der Waals surface area contributed by atoms with Crippen LogP contribution < -0.4 is 11.1 Å². The van der Waals surface area contributed by atoms with Crippen molar-refractivity contribution >= 4 is 17.2 Å². The van der Waals surface area contributed by atoms with Crippen molar-refractivity contribution in [2.75, 3.05) is 26.2 Å². The van der Waals surface area contributed by atoms with Crippen LogP contribution in [0, 0.1) is 11.6 Å². The maximum Gasteiger partial charge on any atom is 0.131 e. The van der Waals surface area contributed by atoms with Gasteiger partial charge in [-0.1, -0.05) is 18.3 Å². The van der Waals surface area contributed by atoms with Crippen LogP contribution in [-0.4, -0.2) is 36.1 Å². The number of nitrogens with two attached hydrogens (primary N) is 1. The molecule has 1 fully saturated rings. The minimum absolute atomic E-state index is 0.211. The Morgan fingerprint density at radius 1 is 1.33 bits per heavy atom. The highest BCUT2D eigenvalue weighted by Gasteiger charge is 2.26. The number of thiocarbonyl (C=S) groups is 1. The van der Waals surface area contributed by atoms with Crippen LogP contribution in [0.1, 0.15) is 11.6 Å². The molecule has 0 spiro atoms. The van der Waals surface area contributed by atoms with Crippen LogP contribution in [0.4, 0.5) is 8.78 Å². The first-order valence-corrected chi connectivity index (χ1v) is 6.19. The second kappa shape index (κ2) is 5.69. The van der Waals surface area contributed by atoms with Gasteiger partial charge in [-0.15, -0.1) is 0 Å². The molecule has 2 rings (SSSR count). The SMILES string of the molecule is NC(=S)C(c1ccc(F)cc1F)N1CCNCC1. The molecular formula is C12H15F2N3S. The summed E-state index contributed by atoms with van der Waals surface area (Å²) < 4.78 is 26.7. The first kappa shape index (κ1) is 13.3. The molecule has 3 nitrogen and oxygen atoms in total. The summed E-state index contributed by atoms with van der Waals surface area (Å²) in [7, 11) is 0. The average Bonchev–Trinajstić information content (AvgIpc) is 2.33. The quantitative estimate of drug-likeness (QED) is 0.811. The van der Waals surface area contributed by atoms with Gasteiger partial charge in [-0.2, -0.15) is 0 Å². The molecule has 6 heteroatoms. The van der Waals surface area contributed by atoms with Gasteiger partial charge < -0.3 is 11.1 Å². The van der Waals surface area contributed by atoms with E-state index in [0.29, 0.717) is 5.56 Å². The number of hydrogen-bond donors (Lipinski definition) is 2. The Labute approximate surface area is 110 Å². The minimum atomic E-state index is -0.605. The summed E-state index contributed by atoms with van der Waals surface area (Å²) in [4.78, 5) is 2.22. The number of piperazine rings is 1. The fourth-order valence-corrected chi connectivity index (χ4v) is 2.47. The Hall–Kier alpha value is -1.11. The van der Waals surface area contributed by atoms with Gasteiger partial charge in [-0.25, -0.2) is 8.78 Å². The number of nitrogens with one attached hydrogen (secondary N) is 1. The highest BCUT2D eigenvalue weighted by Crippen LogP contribution is 2.24. The second-order valence-electron chi connectivity index (χ2n) is 4.26. The monoisotopic (exact) mass is 271 g/mol. The standard InChI is InChI=1S/C12H15F2N3S/c13-8-1-2-9(10(14)7-8)11(12(15)18)17-5-3-16-4-6-17/h1-2,7,11,16H,3-6H2,(H2,15,18). The highest BCUT2D eigenvalue weighted by atomic mass is 32.1. The summed E-state index contributed by atoms with van der Waals surface area (Å²) in [6.45, 7) is 3.08. The molecule has 1 aliphatic rings. The van der Waals surface area contributed by atoms with Crippen molar-refractivity contribution in [1.29, 1.82) is 0 Å². The molecule has 0 amide bonds. The van der Waals surface area contributed by atoms with E-state index in [1.807, 2.05) is 4.90 Å². The summed E-state index contributed by atoms with van der Waals surface area (Å²) in [5, 5.41) is 3.20. The van der Waals surface area contributed by atoms with Gasteiger partial charge in [0.25, 0.3) is 0 Å². The van der Waals surface area contributed by atoms with Crippen LogP contribution in [0.2, 0.25) is 0 Å². The Morgan fingerprint density at radius 3 is 2.56 bits per heavy atom. The zero-order valence-electron chi connectivity index (χ0n) is 9.83. The molecule has 0 bridgehead atoms. The second-order valence-corrected chi connectivity index (χ2v) is 4.73. The summed E-state index contributed by atoms with van der Waals surface area (Å²) in [6, 6.07) is 3.04. The molecule has 1 aromatic carbocycles. The number of benzene rings is 1. The van der Waals surface area contributed by atoms with Crippen LogP contribution in [0.15, 0.2) is 18.2 Å². The lowest BCUT2D eigenvalue weighted by Crippen LogP contribution is -2.48. The Morgan fingerprint density at radius 2 is 2.00 bits per heavy atom. The molecule has 3 N–H and O–H groups in total. The van der Waals surface area contributed by atoms with E-state index in [9.17, 15) is 8.78 Å². The lowest BCUT2D eigenvalue weighted by atomic mass is 10.0. The van der Waals surface area contributed by atoms with Gasteiger partial charge >= 0.3 is 0 Å². The highest BCUT2D eigenvalue weighted by molar-refractivity contribution is 7.80. The molecule has 1 atom stereocenters. The molecule has 18 heavy (non-hydrogen) atoms. The van der Waals surface area contributed by atoms with E-state index in [1.165, 1.54) is 12.1 Å². The van der Waals surface area contributed by atoms with E-state index in [0.717, 1.165) is 32.2 Å². The Balaban J connectivity index is 2.31. The lowest BCUT2D eigenvalue weighted by Gasteiger charge is -2.34. The first-order chi connectivity index (χ1) is 8.59. The van der Waals surface area contributed by atoms with Crippen molar-refractivity contribution in [2.45, 2.75) is 6.04 Å². The van der Waals surface area contributed by atoms with E-state index in [-0.39, 0.29) is 4.99 Å². The Kier molecular flexibility index (Phi) is 4.21. The number of nitrogens with zero attached hydrogens (tertiary/aromatic N) is 1. The third kappa shape index (κ3) is 2.82. The number of rotatable bonds is 3. The van der Waals surface area contributed by atoms with Crippen LogP contribution >= 0.6 is 12.2 Å². The smallest absolute Gasteiger partial charge is 0.131 e. The van der Waals surface area contributed by atoms with Gasteiger partial charge in [-0.05, 0) is 6.07 Å². The van der Waals surface area contributed by atoms with E-state index in [1.54, 1.807) is 0 Å². The minimum Gasteiger partial charge on any atom is -0.392 e. The molecule has 1 unspecified atom stereocenters. The third-order valence-corrected chi connectivity index (χ3v) is 3.27. The maximum atomic E-state index is 13.8. The van der Waals surface area contributed by atoms with Gasteiger partial charge in [0, 0.05) is 37.8 Å². The molecule has 1 saturated heterocycles. The Bertz CT molecular complexity index is 447. The van der Waals surface area contributed by atoms with Crippen molar-refractivity contribution in [2.24, 2.45) is 5.73 Å². The van der Waals surface area contributed by atoms with Gasteiger partial charge in [0.15, 0.2) is 0 Å². The normalized spacial score (nSPS) is 18.6. The summed E-state index contributed by atoms with van der Waals surface area (Å²) in [5.41, 5.74) is 6.05. The zero-order valence-corrected chi connectivity index (χ0v) is 10.6. The predicted octanol–water partition coefficient (Wildman–Crippen LogP) is 1.20. The van der Waals surface area contributed by atoms with Gasteiger partial charge in [0.05, 0.1) is 11.0 Å². The van der Waals surface area contributed by atoms with E-state index in [2.05, 4.69) is 5.32 Å². The van der Waals surface area contributed by atoms with Crippen molar-refractivity contribution in [3.05, 3.63) is 35.4 Å². The zero-order chi connectivity index (χ0) is 13.1. The molecule has 1 heterocycles.